The molecule has 1 nitrogen and oxygen atoms in total. The lowest BCUT2D eigenvalue weighted by molar-refractivity contribution is 1.41. The van der Waals surface area contributed by atoms with Crippen molar-refractivity contribution in [3.8, 4) is 0 Å². The lowest BCUT2D eigenvalue weighted by Crippen LogP contribution is -1.87. The largest absolute Gasteiger partial charge is 0.397 e. The third-order valence-electron chi connectivity index (χ3n) is 2.05. The highest BCUT2D eigenvalue weighted by Crippen LogP contribution is 2.39. The second kappa shape index (κ2) is 5.00. The summed E-state index contributed by atoms with van der Waals surface area (Å²) in [5, 5.41) is 0.929. The molecule has 2 rings (SSSR count). The maximum absolute atomic E-state index is 6.12. The average Bonchev–Trinajstić information content (AvgIpc) is 2.31. The Morgan fingerprint density at radius 3 is 2.25 bits per heavy atom. The molecule has 0 unspecified atom stereocenters. The zero-order valence-electron chi connectivity index (χ0n) is 8.28. The zero-order chi connectivity index (χ0) is 11.5. The molecule has 0 aliphatic rings. The van der Waals surface area contributed by atoms with Crippen LogP contribution in [-0.2, 0) is 0 Å². The molecule has 0 spiro atoms. The van der Waals surface area contributed by atoms with Crippen LogP contribution in [0.25, 0.3) is 0 Å². The van der Waals surface area contributed by atoms with Crippen molar-refractivity contribution in [2.75, 3.05) is 5.73 Å². The molecule has 0 saturated heterocycles. The summed E-state index contributed by atoms with van der Waals surface area (Å²) in [6.07, 6.45) is 0. The molecule has 0 saturated carbocycles. The first-order chi connectivity index (χ1) is 7.68. The summed E-state index contributed by atoms with van der Waals surface area (Å²) < 4.78 is 0. The topological polar surface area (TPSA) is 26.0 Å². The molecule has 2 aromatic rings. The number of hydrogen-bond acceptors (Lipinski definition) is 2. The molecule has 0 atom stereocenters. The van der Waals surface area contributed by atoms with Gasteiger partial charge >= 0.3 is 0 Å². The van der Waals surface area contributed by atoms with Gasteiger partial charge in [-0.1, -0.05) is 53.2 Å². The predicted octanol–water partition coefficient (Wildman–Crippen LogP) is 4.73. The number of nitrogen functional groups attached to an aromatic ring is 1. The summed E-state index contributed by atoms with van der Waals surface area (Å²) in [4.78, 5) is 2.03. The van der Waals surface area contributed by atoms with Gasteiger partial charge in [0.2, 0.25) is 0 Å². The van der Waals surface area contributed by atoms with E-state index in [1.807, 2.05) is 36.4 Å². The SMILES string of the molecule is Nc1ccc(Sc2ccccc2)c(Cl)c1Cl. The molecule has 0 amide bonds. The van der Waals surface area contributed by atoms with Gasteiger partial charge in [-0.2, -0.15) is 0 Å². The van der Waals surface area contributed by atoms with E-state index in [1.165, 1.54) is 0 Å². The van der Waals surface area contributed by atoms with Crippen LogP contribution in [0.1, 0.15) is 0 Å². The van der Waals surface area contributed by atoms with Gasteiger partial charge in [-0.05, 0) is 24.3 Å². The summed E-state index contributed by atoms with van der Waals surface area (Å²) in [7, 11) is 0. The highest BCUT2D eigenvalue weighted by molar-refractivity contribution is 7.99. The van der Waals surface area contributed by atoms with Crippen molar-refractivity contribution >= 4 is 40.7 Å². The van der Waals surface area contributed by atoms with Crippen LogP contribution in [0, 0.1) is 0 Å². The molecule has 0 aliphatic heterocycles. The van der Waals surface area contributed by atoms with Crippen LogP contribution in [0.5, 0.6) is 0 Å². The molecule has 0 fully saturated rings. The predicted molar refractivity (Wildman–Crippen MR) is 71.4 cm³/mol. The van der Waals surface area contributed by atoms with Crippen LogP contribution in [0.15, 0.2) is 52.3 Å². The van der Waals surface area contributed by atoms with Gasteiger partial charge in [0, 0.05) is 9.79 Å². The monoisotopic (exact) mass is 269 g/mol. The van der Waals surface area contributed by atoms with E-state index in [0.29, 0.717) is 15.7 Å². The number of hydrogen-bond donors (Lipinski definition) is 1. The summed E-state index contributed by atoms with van der Waals surface area (Å²) in [6, 6.07) is 13.6. The van der Waals surface area contributed by atoms with Crippen LogP contribution in [0.3, 0.4) is 0 Å². The quantitative estimate of drug-likeness (QED) is 0.798. The summed E-state index contributed by atoms with van der Waals surface area (Å²) in [5.74, 6) is 0. The minimum atomic E-state index is 0.419. The van der Waals surface area contributed by atoms with Crippen LogP contribution in [0.2, 0.25) is 10.0 Å². The molecule has 4 heteroatoms. The van der Waals surface area contributed by atoms with Crippen molar-refractivity contribution in [2.24, 2.45) is 0 Å². The van der Waals surface area contributed by atoms with E-state index in [-0.39, 0.29) is 0 Å². The standard InChI is InChI=1S/C12H9Cl2NS/c13-11-9(15)6-7-10(12(11)14)16-8-4-2-1-3-5-8/h1-7H,15H2. The number of halogens is 2. The Hall–Kier alpha value is -0.830. The lowest BCUT2D eigenvalue weighted by Gasteiger charge is -2.07. The second-order valence-corrected chi connectivity index (χ2v) is 5.07. The van der Waals surface area contributed by atoms with Crippen molar-refractivity contribution in [2.45, 2.75) is 9.79 Å². The average molecular weight is 270 g/mol. The summed E-state index contributed by atoms with van der Waals surface area (Å²) >= 11 is 13.7. The maximum Gasteiger partial charge on any atom is 0.0833 e. The Bertz CT molecular complexity index is 500. The fourth-order valence-electron chi connectivity index (χ4n) is 1.24. The Morgan fingerprint density at radius 2 is 1.56 bits per heavy atom. The van der Waals surface area contributed by atoms with E-state index in [9.17, 15) is 0 Å². The smallest absolute Gasteiger partial charge is 0.0833 e. The van der Waals surface area contributed by atoms with Crippen molar-refractivity contribution < 1.29 is 0 Å². The first kappa shape index (κ1) is 11.6. The van der Waals surface area contributed by atoms with Crippen molar-refractivity contribution in [1.29, 1.82) is 0 Å². The molecule has 2 N–H and O–H groups in total. The van der Waals surface area contributed by atoms with Crippen LogP contribution < -0.4 is 5.73 Å². The van der Waals surface area contributed by atoms with Gasteiger partial charge in [0.25, 0.3) is 0 Å². The summed E-state index contributed by atoms with van der Waals surface area (Å²) in [6.45, 7) is 0. The molecule has 0 bridgehead atoms. The minimum Gasteiger partial charge on any atom is -0.397 e. The first-order valence-corrected chi connectivity index (χ1v) is 6.22. The first-order valence-electron chi connectivity index (χ1n) is 4.65. The summed E-state index contributed by atoms with van der Waals surface area (Å²) in [5.41, 5.74) is 6.16. The van der Waals surface area contributed by atoms with E-state index in [4.69, 9.17) is 28.9 Å². The van der Waals surface area contributed by atoms with Crippen LogP contribution in [0.4, 0.5) is 5.69 Å². The Balaban J connectivity index is 2.33. The molecular formula is C12H9Cl2NS. The Kier molecular flexibility index (Phi) is 3.64. The van der Waals surface area contributed by atoms with Gasteiger partial charge in [0.15, 0.2) is 0 Å². The van der Waals surface area contributed by atoms with E-state index in [1.54, 1.807) is 17.8 Å². The minimum absolute atomic E-state index is 0.419. The Morgan fingerprint density at radius 1 is 0.875 bits per heavy atom. The molecule has 0 aliphatic carbocycles. The van der Waals surface area contributed by atoms with E-state index in [2.05, 4.69) is 0 Å². The number of anilines is 1. The number of rotatable bonds is 2. The highest BCUT2D eigenvalue weighted by Gasteiger charge is 2.08. The van der Waals surface area contributed by atoms with Crippen LogP contribution in [-0.4, -0.2) is 0 Å². The van der Waals surface area contributed by atoms with Gasteiger partial charge in [-0.25, -0.2) is 0 Å². The van der Waals surface area contributed by atoms with Gasteiger partial charge in [0.1, 0.15) is 0 Å². The normalized spacial score (nSPS) is 10.4. The maximum atomic E-state index is 6.12. The fraction of sp³-hybridized carbons (Fsp3) is 0. The van der Waals surface area contributed by atoms with Crippen molar-refractivity contribution in [3.63, 3.8) is 0 Å². The van der Waals surface area contributed by atoms with E-state index >= 15 is 0 Å². The molecule has 82 valence electrons. The molecule has 16 heavy (non-hydrogen) atoms. The fourth-order valence-corrected chi connectivity index (χ4v) is 2.62. The number of benzene rings is 2. The Labute approximate surface area is 109 Å². The van der Waals surface area contributed by atoms with Crippen molar-refractivity contribution in [1.82, 2.24) is 0 Å². The van der Waals surface area contributed by atoms with Crippen LogP contribution >= 0.6 is 35.0 Å². The van der Waals surface area contributed by atoms with E-state index in [0.717, 1.165) is 9.79 Å². The molecular weight excluding hydrogens is 261 g/mol. The molecule has 2 aromatic carbocycles. The second-order valence-electron chi connectivity index (χ2n) is 3.20. The molecule has 0 aromatic heterocycles. The van der Waals surface area contributed by atoms with Gasteiger partial charge < -0.3 is 5.73 Å². The third-order valence-corrected chi connectivity index (χ3v) is 4.12. The van der Waals surface area contributed by atoms with Gasteiger partial charge in [-0.3, -0.25) is 0 Å². The lowest BCUT2D eigenvalue weighted by atomic mass is 10.3. The number of nitrogens with two attached hydrogens (primary N) is 1. The zero-order valence-corrected chi connectivity index (χ0v) is 10.6. The third kappa shape index (κ3) is 2.46. The van der Waals surface area contributed by atoms with Gasteiger partial charge in [-0.15, -0.1) is 0 Å². The highest BCUT2D eigenvalue weighted by atomic mass is 35.5. The van der Waals surface area contributed by atoms with E-state index < -0.39 is 0 Å². The van der Waals surface area contributed by atoms with Gasteiger partial charge in [0.05, 0.1) is 15.7 Å². The molecule has 0 radical (unpaired) electrons. The van der Waals surface area contributed by atoms with Crippen molar-refractivity contribution in [3.05, 3.63) is 52.5 Å². The molecule has 0 heterocycles.